The van der Waals surface area contributed by atoms with Gasteiger partial charge in [-0.15, -0.1) is 0 Å². The van der Waals surface area contributed by atoms with Gasteiger partial charge in [0.2, 0.25) is 17.7 Å². The van der Waals surface area contributed by atoms with Crippen LogP contribution in [0.2, 0.25) is 0 Å². The highest BCUT2D eigenvalue weighted by atomic mass is 79.9. The predicted molar refractivity (Wildman–Crippen MR) is 163 cm³/mol. The van der Waals surface area contributed by atoms with Crippen LogP contribution in [-0.2, 0) is 33.4 Å². The van der Waals surface area contributed by atoms with Gasteiger partial charge in [0, 0.05) is 37.6 Å². The van der Waals surface area contributed by atoms with Crippen LogP contribution in [0.15, 0.2) is 53.0 Å². The summed E-state index contributed by atoms with van der Waals surface area (Å²) in [7, 11) is 1.51. The first kappa shape index (κ1) is 32.3. The fourth-order valence-electron chi connectivity index (χ4n) is 6.85. The van der Waals surface area contributed by atoms with E-state index in [1.807, 2.05) is 37.3 Å². The monoisotopic (exact) mass is 673 g/mol. The number of carbonyl (C=O) groups excluding carboxylic acids is 4. The molecule has 3 amide bonds. The van der Waals surface area contributed by atoms with Crippen LogP contribution in [0.4, 0.5) is 0 Å². The molecule has 1 aromatic carbocycles. The predicted octanol–water partition coefficient (Wildman–Crippen LogP) is 2.25. The molecule has 4 heterocycles. The molecule has 5 rings (SSSR count). The number of carbonyl (C=O) groups is 4. The van der Waals surface area contributed by atoms with Crippen molar-refractivity contribution in [3.63, 3.8) is 0 Å². The van der Waals surface area contributed by atoms with Gasteiger partial charge in [0.1, 0.15) is 29.8 Å². The van der Waals surface area contributed by atoms with E-state index in [4.69, 9.17) is 14.2 Å². The Hall–Kier alpha value is -3.06. The number of ether oxygens (including phenoxy) is 3. The van der Waals surface area contributed by atoms with Gasteiger partial charge in [-0.2, -0.15) is 0 Å². The molecule has 1 aromatic rings. The van der Waals surface area contributed by atoms with Gasteiger partial charge < -0.3 is 34.4 Å². The van der Waals surface area contributed by atoms with Gasteiger partial charge in [-0.1, -0.05) is 71.8 Å². The van der Waals surface area contributed by atoms with Crippen LogP contribution in [0.5, 0.6) is 0 Å². The highest BCUT2D eigenvalue weighted by Gasteiger charge is 2.75. The number of amides is 3. The molecule has 4 aliphatic heterocycles. The first-order valence-corrected chi connectivity index (χ1v) is 16.0. The lowest BCUT2D eigenvalue weighted by Crippen LogP contribution is -2.56. The number of likely N-dealkylation sites (tertiary alicyclic amines) is 1. The number of β-amino-alcohol motifs (C(OH)–C–C–N with tert-alkyl or cyclic N) is 1. The molecule has 1 spiro atoms. The van der Waals surface area contributed by atoms with E-state index in [9.17, 15) is 24.3 Å². The topological polar surface area (TPSA) is 135 Å². The van der Waals surface area contributed by atoms with E-state index in [-0.39, 0.29) is 44.5 Å². The normalized spacial score (nSPS) is 33.2. The number of esters is 1. The average Bonchev–Trinajstić information content (AvgIpc) is 3.60. The number of rotatable bonds is 8. The van der Waals surface area contributed by atoms with Crippen LogP contribution in [-0.4, -0.2) is 102 Å². The largest absolute Gasteiger partial charge is 0.455 e. The fraction of sp³-hybridized carbons (Fsp3) is 0.562. The molecule has 11 nitrogen and oxygen atoms in total. The smallest absolute Gasteiger partial charge is 0.313 e. The van der Waals surface area contributed by atoms with Crippen LogP contribution in [0.1, 0.15) is 44.3 Å². The number of nitrogens with zero attached hydrogens (tertiary/aromatic N) is 2. The molecule has 7 atom stereocenters. The Balaban J connectivity index is 1.60. The lowest BCUT2D eigenvalue weighted by Gasteiger charge is -2.35. The van der Waals surface area contributed by atoms with Crippen LogP contribution < -0.4 is 5.32 Å². The minimum absolute atomic E-state index is 0.0716. The standard InChI is InChI=1S/C32H40BrN3O8/c1-3-4-14-35-15-10-6-9-13-23(38)34-22(19-42-2)26(20-11-7-5-8-12-20)43-31(41)24-25-29(39)36(16-17-37)28(30(35)40)32(25)18-21(33)27(24)44-32/h5-8,10-12,18,22,24-28,37H,3-4,9,13-17,19H2,1-2H3,(H,34,38)/b10-6-/t22-,24+,25-,26-,27+,28+,32-/m0/s1. The van der Waals surface area contributed by atoms with Crippen LogP contribution >= 0.6 is 15.9 Å². The van der Waals surface area contributed by atoms with Crippen molar-refractivity contribution in [2.75, 3.05) is 40.0 Å². The molecular formula is C32H40BrN3O8. The van der Waals surface area contributed by atoms with Gasteiger partial charge in [0.05, 0.1) is 25.2 Å². The molecule has 2 fully saturated rings. The van der Waals surface area contributed by atoms with E-state index in [1.54, 1.807) is 23.1 Å². The summed E-state index contributed by atoms with van der Waals surface area (Å²) in [5, 5.41) is 12.9. The molecule has 2 saturated heterocycles. The average molecular weight is 675 g/mol. The molecule has 2 N–H and O–H groups in total. The van der Waals surface area contributed by atoms with E-state index < -0.39 is 53.6 Å². The van der Waals surface area contributed by atoms with Crippen LogP contribution in [0, 0.1) is 11.8 Å². The van der Waals surface area contributed by atoms with E-state index in [0.717, 1.165) is 12.8 Å². The van der Waals surface area contributed by atoms with Crippen molar-refractivity contribution in [3.8, 4) is 0 Å². The molecule has 44 heavy (non-hydrogen) atoms. The Bertz CT molecular complexity index is 1310. The molecule has 0 aliphatic carbocycles. The summed E-state index contributed by atoms with van der Waals surface area (Å²) in [6, 6.07) is 7.28. The van der Waals surface area contributed by atoms with Gasteiger partial charge in [0.15, 0.2) is 0 Å². The number of benzene rings is 1. The molecule has 238 valence electrons. The first-order valence-electron chi connectivity index (χ1n) is 15.2. The SMILES string of the molecule is CCCCN1C/C=C\CCC(=O)N[C@@H](COC)[C@H](c2ccccc2)OC(=O)[C@H]2[C@@H]3O[C@@]4(C=C3Br)[C@@H]2C(=O)N(CCO)[C@@H]4C1=O. The highest BCUT2D eigenvalue weighted by Crippen LogP contribution is 2.59. The summed E-state index contributed by atoms with van der Waals surface area (Å²) in [4.78, 5) is 58.8. The Morgan fingerprint density at radius 1 is 1.09 bits per heavy atom. The minimum Gasteiger partial charge on any atom is -0.455 e. The number of hydrogen-bond donors (Lipinski definition) is 2. The summed E-state index contributed by atoms with van der Waals surface area (Å²) >= 11 is 3.55. The quantitative estimate of drug-likeness (QED) is 0.317. The number of aliphatic hydroxyl groups excluding tert-OH is 1. The van der Waals surface area contributed by atoms with Crippen molar-refractivity contribution in [1.29, 1.82) is 0 Å². The third-order valence-corrected chi connectivity index (χ3v) is 9.51. The van der Waals surface area contributed by atoms with Crippen molar-refractivity contribution in [3.05, 3.63) is 58.6 Å². The zero-order valence-electron chi connectivity index (χ0n) is 25.0. The van der Waals surface area contributed by atoms with Crippen LogP contribution in [0.3, 0.4) is 0 Å². The van der Waals surface area contributed by atoms with Gasteiger partial charge in [-0.25, -0.2) is 0 Å². The van der Waals surface area contributed by atoms with Crippen molar-refractivity contribution < 1.29 is 38.5 Å². The minimum atomic E-state index is -1.42. The zero-order chi connectivity index (χ0) is 31.4. The lowest BCUT2D eigenvalue weighted by molar-refractivity contribution is -0.162. The van der Waals surface area contributed by atoms with Crippen LogP contribution in [0.25, 0.3) is 0 Å². The molecular weight excluding hydrogens is 634 g/mol. The van der Waals surface area contributed by atoms with E-state index in [2.05, 4.69) is 21.2 Å². The maximum atomic E-state index is 14.3. The molecule has 0 saturated carbocycles. The van der Waals surface area contributed by atoms with Crippen molar-refractivity contribution >= 4 is 39.6 Å². The third-order valence-electron chi connectivity index (χ3n) is 8.83. The van der Waals surface area contributed by atoms with E-state index in [1.165, 1.54) is 12.0 Å². The number of fused-ring (bicyclic) bond motifs is 2. The second kappa shape index (κ2) is 13.9. The summed E-state index contributed by atoms with van der Waals surface area (Å²) < 4.78 is 18.7. The maximum Gasteiger partial charge on any atom is 0.313 e. The van der Waals surface area contributed by atoms with Gasteiger partial charge in [-0.3, -0.25) is 19.2 Å². The maximum absolute atomic E-state index is 14.3. The number of hydrogen-bond acceptors (Lipinski definition) is 8. The van der Waals surface area contributed by atoms with Crippen molar-refractivity contribution in [2.45, 2.75) is 62.5 Å². The number of unbranched alkanes of at least 4 members (excludes halogenated alkanes) is 1. The Labute approximate surface area is 265 Å². The number of aliphatic hydroxyl groups is 1. The second-order valence-corrected chi connectivity index (χ2v) is 12.5. The fourth-order valence-corrected chi connectivity index (χ4v) is 7.59. The number of nitrogens with one attached hydrogen (secondary N) is 1. The van der Waals surface area contributed by atoms with E-state index in [0.29, 0.717) is 23.0 Å². The summed E-state index contributed by atoms with van der Waals surface area (Å²) in [6.07, 6.45) is 5.93. The molecule has 0 unspecified atom stereocenters. The zero-order valence-corrected chi connectivity index (χ0v) is 26.6. The Kier molecular flexibility index (Phi) is 10.2. The van der Waals surface area contributed by atoms with Gasteiger partial charge >= 0.3 is 5.97 Å². The summed E-state index contributed by atoms with van der Waals surface area (Å²) in [5.74, 6) is -3.78. The summed E-state index contributed by atoms with van der Waals surface area (Å²) in [6.45, 7) is 2.40. The number of methoxy groups -OCH3 is 1. The first-order chi connectivity index (χ1) is 21.3. The van der Waals surface area contributed by atoms with Gasteiger partial charge in [0.25, 0.3) is 0 Å². The van der Waals surface area contributed by atoms with Gasteiger partial charge in [-0.05, 0) is 24.5 Å². The molecule has 12 heteroatoms. The number of halogens is 1. The molecule has 4 aliphatic rings. The Morgan fingerprint density at radius 2 is 1.86 bits per heavy atom. The van der Waals surface area contributed by atoms with Crippen molar-refractivity contribution in [2.24, 2.45) is 11.8 Å². The highest BCUT2D eigenvalue weighted by molar-refractivity contribution is 9.11. The third kappa shape index (κ3) is 5.96. The van der Waals surface area contributed by atoms with E-state index >= 15 is 0 Å². The second-order valence-electron chi connectivity index (χ2n) is 11.6. The lowest BCUT2D eigenvalue weighted by atomic mass is 9.74. The molecule has 0 radical (unpaired) electrons. The molecule has 5 bridgehead atoms. The Morgan fingerprint density at radius 3 is 2.57 bits per heavy atom. The number of cyclic esters (lactones) is 1. The summed E-state index contributed by atoms with van der Waals surface area (Å²) in [5.41, 5.74) is -0.769. The molecule has 0 aromatic heterocycles. The number of allylic oxidation sites excluding steroid dienone is 1. The van der Waals surface area contributed by atoms with Crippen molar-refractivity contribution in [1.82, 2.24) is 15.1 Å².